The summed E-state index contributed by atoms with van der Waals surface area (Å²) in [4.78, 5) is 14.0. The van der Waals surface area contributed by atoms with Crippen molar-refractivity contribution >= 4 is 11.6 Å². The molecule has 1 aliphatic rings. The van der Waals surface area contributed by atoms with Crippen LogP contribution in [0.15, 0.2) is 48.5 Å². The average Bonchev–Trinajstić information content (AvgIpc) is 2.67. The highest BCUT2D eigenvalue weighted by atomic mass is 16.5. The van der Waals surface area contributed by atoms with E-state index in [9.17, 15) is 4.79 Å². The van der Waals surface area contributed by atoms with E-state index < -0.39 is 0 Å². The first-order valence-corrected chi connectivity index (χ1v) is 6.43. The summed E-state index contributed by atoms with van der Waals surface area (Å²) in [7, 11) is 1.60. The first-order chi connectivity index (χ1) is 9.79. The molecule has 1 aliphatic heterocycles. The van der Waals surface area contributed by atoms with Gasteiger partial charge in [0.05, 0.1) is 19.3 Å². The van der Waals surface area contributed by atoms with E-state index in [1.165, 1.54) is 0 Å². The van der Waals surface area contributed by atoms with Crippen molar-refractivity contribution < 1.29 is 14.3 Å². The maximum absolute atomic E-state index is 12.3. The number of fused-ring (bicyclic) bond motifs is 1. The fourth-order valence-electron chi connectivity index (χ4n) is 2.32. The van der Waals surface area contributed by atoms with E-state index in [0.717, 1.165) is 17.0 Å². The highest BCUT2D eigenvalue weighted by Gasteiger charge is 2.24. The summed E-state index contributed by atoms with van der Waals surface area (Å²) >= 11 is 0. The lowest BCUT2D eigenvalue weighted by Crippen LogP contribution is -2.32. The van der Waals surface area contributed by atoms with E-state index in [0.29, 0.717) is 12.3 Å². The van der Waals surface area contributed by atoms with Crippen molar-refractivity contribution in [2.75, 3.05) is 18.6 Å². The minimum atomic E-state index is -0.0781. The van der Waals surface area contributed by atoms with Crippen LogP contribution in [-0.2, 0) is 11.3 Å². The number of amides is 1. The number of hydrogen-bond acceptors (Lipinski definition) is 3. The second-order valence-corrected chi connectivity index (χ2v) is 4.55. The summed E-state index contributed by atoms with van der Waals surface area (Å²) in [6.07, 6.45) is 0. The number of nitrogens with zero attached hydrogens (tertiary/aromatic N) is 1. The van der Waals surface area contributed by atoms with Crippen LogP contribution in [0, 0.1) is 0 Å². The minimum Gasteiger partial charge on any atom is -0.495 e. The van der Waals surface area contributed by atoms with Crippen LogP contribution in [0.1, 0.15) is 5.56 Å². The van der Waals surface area contributed by atoms with Crippen molar-refractivity contribution in [3.8, 4) is 11.5 Å². The Morgan fingerprint density at radius 3 is 2.70 bits per heavy atom. The van der Waals surface area contributed by atoms with Crippen LogP contribution in [-0.4, -0.2) is 19.6 Å². The standard InChI is InChI=1S/C16H15NO3/c1-19-15-9-5-3-7-13(15)17-10-12-6-2-4-8-14(12)20-11-16(17)18/h2-9H,10-11H2,1H3. The Balaban J connectivity index is 2.02. The molecule has 0 aliphatic carbocycles. The largest absolute Gasteiger partial charge is 0.495 e. The molecule has 3 rings (SSSR count). The van der Waals surface area contributed by atoms with Crippen molar-refractivity contribution in [3.63, 3.8) is 0 Å². The molecule has 1 amide bonds. The molecule has 4 heteroatoms. The third-order valence-corrected chi connectivity index (χ3v) is 3.33. The zero-order valence-electron chi connectivity index (χ0n) is 11.2. The maximum Gasteiger partial charge on any atom is 0.265 e. The zero-order chi connectivity index (χ0) is 13.9. The molecule has 0 unspecified atom stereocenters. The number of carbonyl (C=O) groups is 1. The van der Waals surface area contributed by atoms with Crippen LogP contribution < -0.4 is 14.4 Å². The van der Waals surface area contributed by atoms with Crippen LogP contribution in [0.25, 0.3) is 0 Å². The summed E-state index contributed by atoms with van der Waals surface area (Å²) in [5.41, 5.74) is 1.75. The molecule has 2 aromatic rings. The molecule has 0 aromatic heterocycles. The van der Waals surface area contributed by atoms with Gasteiger partial charge in [-0.15, -0.1) is 0 Å². The Morgan fingerprint density at radius 1 is 1.10 bits per heavy atom. The van der Waals surface area contributed by atoms with Gasteiger partial charge in [0.1, 0.15) is 11.5 Å². The third kappa shape index (κ3) is 2.20. The monoisotopic (exact) mass is 269 g/mol. The molecule has 0 spiro atoms. The number of rotatable bonds is 2. The van der Waals surface area contributed by atoms with E-state index in [4.69, 9.17) is 9.47 Å². The third-order valence-electron chi connectivity index (χ3n) is 3.33. The second-order valence-electron chi connectivity index (χ2n) is 4.55. The minimum absolute atomic E-state index is 0.0368. The highest BCUT2D eigenvalue weighted by Crippen LogP contribution is 2.32. The predicted molar refractivity (Wildman–Crippen MR) is 76.1 cm³/mol. The zero-order valence-corrected chi connectivity index (χ0v) is 11.2. The predicted octanol–water partition coefficient (Wildman–Crippen LogP) is 2.62. The van der Waals surface area contributed by atoms with Gasteiger partial charge in [-0.3, -0.25) is 4.79 Å². The van der Waals surface area contributed by atoms with E-state index in [1.807, 2.05) is 48.5 Å². The van der Waals surface area contributed by atoms with Gasteiger partial charge in [0, 0.05) is 5.56 Å². The summed E-state index contributed by atoms with van der Waals surface area (Å²) in [5.74, 6) is 1.36. The Kier molecular flexibility index (Phi) is 3.29. The number of benzene rings is 2. The summed E-state index contributed by atoms with van der Waals surface area (Å²) in [5, 5.41) is 0. The van der Waals surface area contributed by atoms with Gasteiger partial charge in [-0.25, -0.2) is 0 Å². The lowest BCUT2D eigenvalue weighted by atomic mass is 10.1. The van der Waals surface area contributed by atoms with Gasteiger partial charge in [-0.05, 0) is 18.2 Å². The van der Waals surface area contributed by atoms with Crippen LogP contribution in [0.2, 0.25) is 0 Å². The second kappa shape index (κ2) is 5.25. The molecule has 20 heavy (non-hydrogen) atoms. The molecule has 4 nitrogen and oxygen atoms in total. The first kappa shape index (κ1) is 12.5. The van der Waals surface area contributed by atoms with Gasteiger partial charge in [0.25, 0.3) is 5.91 Å². The summed E-state index contributed by atoms with van der Waals surface area (Å²) in [6, 6.07) is 15.2. The Labute approximate surface area is 117 Å². The fourth-order valence-corrected chi connectivity index (χ4v) is 2.32. The molecule has 0 saturated heterocycles. The maximum atomic E-state index is 12.3. The number of carbonyl (C=O) groups excluding carboxylic acids is 1. The quantitative estimate of drug-likeness (QED) is 0.841. The van der Waals surface area contributed by atoms with E-state index >= 15 is 0 Å². The smallest absolute Gasteiger partial charge is 0.265 e. The molecule has 1 heterocycles. The van der Waals surface area contributed by atoms with Crippen LogP contribution in [0.3, 0.4) is 0 Å². The average molecular weight is 269 g/mol. The SMILES string of the molecule is COc1ccccc1N1Cc2ccccc2OCC1=O. The highest BCUT2D eigenvalue weighted by molar-refractivity contribution is 5.96. The molecular weight excluding hydrogens is 254 g/mol. The topological polar surface area (TPSA) is 38.8 Å². The van der Waals surface area contributed by atoms with Crippen LogP contribution in [0.4, 0.5) is 5.69 Å². The molecule has 0 radical (unpaired) electrons. The Hall–Kier alpha value is -2.49. The fraction of sp³-hybridized carbons (Fsp3) is 0.188. The molecule has 0 fully saturated rings. The van der Waals surface area contributed by atoms with Crippen molar-refractivity contribution in [3.05, 3.63) is 54.1 Å². The van der Waals surface area contributed by atoms with Crippen molar-refractivity contribution in [2.24, 2.45) is 0 Å². The van der Waals surface area contributed by atoms with Crippen molar-refractivity contribution in [2.45, 2.75) is 6.54 Å². The Morgan fingerprint density at radius 2 is 1.85 bits per heavy atom. The number of methoxy groups -OCH3 is 1. The molecule has 102 valence electrons. The Bertz CT molecular complexity index is 639. The normalized spacial score (nSPS) is 14.2. The van der Waals surface area contributed by atoms with Crippen molar-refractivity contribution in [1.82, 2.24) is 0 Å². The lowest BCUT2D eigenvalue weighted by molar-refractivity contribution is -0.120. The number of hydrogen-bond donors (Lipinski definition) is 0. The molecular formula is C16H15NO3. The van der Waals surface area contributed by atoms with Gasteiger partial charge in [-0.1, -0.05) is 30.3 Å². The molecule has 2 aromatic carbocycles. The summed E-state index contributed by atoms with van der Waals surface area (Å²) < 4.78 is 10.9. The summed E-state index contributed by atoms with van der Waals surface area (Å²) in [6.45, 7) is 0.518. The lowest BCUT2D eigenvalue weighted by Gasteiger charge is -2.22. The van der Waals surface area contributed by atoms with Gasteiger partial charge in [0.15, 0.2) is 6.61 Å². The van der Waals surface area contributed by atoms with Crippen molar-refractivity contribution in [1.29, 1.82) is 0 Å². The molecule has 0 bridgehead atoms. The van der Waals surface area contributed by atoms with Gasteiger partial charge < -0.3 is 14.4 Å². The van der Waals surface area contributed by atoms with Gasteiger partial charge >= 0.3 is 0 Å². The van der Waals surface area contributed by atoms with E-state index in [2.05, 4.69) is 0 Å². The molecule has 0 saturated carbocycles. The van der Waals surface area contributed by atoms with Gasteiger partial charge in [-0.2, -0.15) is 0 Å². The van der Waals surface area contributed by atoms with E-state index in [-0.39, 0.29) is 12.5 Å². The van der Waals surface area contributed by atoms with Crippen LogP contribution >= 0.6 is 0 Å². The number of anilines is 1. The first-order valence-electron chi connectivity index (χ1n) is 6.43. The van der Waals surface area contributed by atoms with Gasteiger partial charge in [0.2, 0.25) is 0 Å². The number of para-hydroxylation sites is 3. The molecule has 0 atom stereocenters. The van der Waals surface area contributed by atoms with E-state index in [1.54, 1.807) is 12.0 Å². The molecule has 0 N–H and O–H groups in total. The number of ether oxygens (including phenoxy) is 2. The van der Waals surface area contributed by atoms with Crippen LogP contribution in [0.5, 0.6) is 11.5 Å².